The van der Waals surface area contributed by atoms with Crippen LogP contribution in [0.5, 0.6) is 0 Å². The highest BCUT2D eigenvalue weighted by molar-refractivity contribution is 6.10. The van der Waals surface area contributed by atoms with Crippen LogP contribution in [0.4, 0.5) is 5.69 Å². The predicted molar refractivity (Wildman–Crippen MR) is 107 cm³/mol. The molecule has 0 heterocycles. The van der Waals surface area contributed by atoms with Crippen molar-refractivity contribution < 1.29 is 14.4 Å². The Kier molecular flexibility index (Phi) is 6.71. The molecule has 0 aliphatic carbocycles. The summed E-state index contributed by atoms with van der Waals surface area (Å²) in [4.78, 5) is 29.9. The van der Waals surface area contributed by atoms with Crippen LogP contribution in [0.15, 0.2) is 47.6 Å². The summed E-state index contributed by atoms with van der Waals surface area (Å²) < 4.78 is 0. The number of anilines is 1. The van der Waals surface area contributed by atoms with Crippen LogP contribution >= 0.6 is 0 Å². The monoisotopic (exact) mass is 367 g/mol. The van der Waals surface area contributed by atoms with E-state index in [4.69, 9.17) is 4.84 Å². The fourth-order valence-electron chi connectivity index (χ4n) is 2.60. The molecule has 2 N–H and O–H groups in total. The maximum atomic E-state index is 12.7. The van der Waals surface area contributed by atoms with Crippen LogP contribution in [-0.4, -0.2) is 30.7 Å². The van der Waals surface area contributed by atoms with E-state index in [-0.39, 0.29) is 17.9 Å². The summed E-state index contributed by atoms with van der Waals surface area (Å²) in [5.41, 5.74) is 3.85. The number of nitrogens with one attached hydrogen (secondary N) is 2. The SMILES string of the molecule is CON=C(C)c1ccc(C(=O)Nc2c(C)cccc2C(=O)NC(C)C)cc1. The molecule has 0 aliphatic rings. The van der Waals surface area contributed by atoms with Crippen LogP contribution in [0.3, 0.4) is 0 Å². The number of aryl methyl sites for hydroxylation is 1. The molecule has 2 aromatic carbocycles. The molecule has 0 unspecified atom stereocenters. The minimum atomic E-state index is -0.282. The summed E-state index contributed by atoms with van der Waals surface area (Å²) >= 11 is 0. The first-order chi connectivity index (χ1) is 12.8. The zero-order chi connectivity index (χ0) is 20.0. The minimum absolute atomic E-state index is 0.00566. The normalized spacial score (nSPS) is 11.3. The van der Waals surface area contributed by atoms with Crippen LogP contribution in [0.2, 0.25) is 0 Å². The van der Waals surface area contributed by atoms with E-state index in [1.54, 1.807) is 36.4 Å². The third-order valence-corrected chi connectivity index (χ3v) is 3.97. The van der Waals surface area contributed by atoms with Gasteiger partial charge in [0.1, 0.15) is 7.11 Å². The number of rotatable bonds is 6. The summed E-state index contributed by atoms with van der Waals surface area (Å²) in [6, 6.07) is 12.4. The number of carbonyl (C=O) groups is 2. The second-order valence-corrected chi connectivity index (χ2v) is 6.52. The van der Waals surface area contributed by atoms with Crippen LogP contribution in [0.1, 0.15) is 52.6 Å². The van der Waals surface area contributed by atoms with Crippen LogP contribution in [0, 0.1) is 6.92 Å². The average molecular weight is 367 g/mol. The summed E-state index contributed by atoms with van der Waals surface area (Å²) in [7, 11) is 1.49. The maximum Gasteiger partial charge on any atom is 0.255 e. The average Bonchev–Trinajstić information content (AvgIpc) is 2.63. The molecule has 2 amide bonds. The van der Waals surface area contributed by atoms with E-state index in [0.717, 1.165) is 16.8 Å². The molecular weight excluding hydrogens is 342 g/mol. The van der Waals surface area contributed by atoms with Crippen molar-refractivity contribution in [2.24, 2.45) is 5.16 Å². The molecule has 142 valence electrons. The highest BCUT2D eigenvalue weighted by atomic mass is 16.6. The van der Waals surface area contributed by atoms with E-state index >= 15 is 0 Å². The van der Waals surface area contributed by atoms with Crippen LogP contribution in [-0.2, 0) is 4.84 Å². The molecule has 27 heavy (non-hydrogen) atoms. The highest BCUT2D eigenvalue weighted by Crippen LogP contribution is 2.22. The fourth-order valence-corrected chi connectivity index (χ4v) is 2.60. The van der Waals surface area contributed by atoms with E-state index in [1.807, 2.05) is 33.8 Å². The van der Waals surface area contributed by atoms with Gasteiger partial charge in [-0.3, -0.25) is 9.59 Å². The molecular formula is C21H25N3O3. The molecule has 0 radical (unpaired) electrons. The Morgan fingerprint density at radius 3 is 2.22 bits per heavy atom. The number of benzene rings is 2. The van der Waals surface area contributed by atoms with Gasteiger partial charge >= 0.3 is 0 Å². The molecule has 0 aliphatic heterocycles. The predicted octanol–water partition coefficient (Wildman–Crippen LogP) is 3.76. The molecule has 6 heteroatoms. The Balaban J connectivity index is 2.25. The van der Waals surface area contributed by atoms with Crippen molar-refractivity contribution in [1.82, 2.24) is 5.32 Å². The van der Waals surface area contributed by atoms with Gasteiger partial charge in [-0.05, 0) is 57.0 Å². The number of oxime groups is 1. The first kappa shape index (κ1) is 20.2. The largest absolute Gasteiger partial charge is 0.399 e. The fraction of sp³-hybridized carbons (Fsp3) is 0.286. The van der Waals surface area contributed by atoms with Gasteiger partial charge in [0.05, 0.1) is 17.0 Å². The summed E-state index contributed by atoms with van der Waals surface area (Å²) in [5, 5.41) is 9.60. The molecule has 0 bridgehead atoms. The zero-order valence-electron chi connectivity index (χ0n) is 16.3. The van der Waals surface area contributed by atoms with E-state index < -0.39 is 0 Å². The molecule has 2 rings (SSSR count). The van der Waals surface area contributed by atoms with Gasteiger partial charge < -0.3 is 15.5 Å². The molecule has 2 aromatic rings. The molecule has 0 atom stereocenters. The first-order valence-electron chi connectivity index (χ1n) is 8.73. The molecule has 0 spiro atoms. The van der Waals surface area contributed by atoms with Crippen molar-refractivity contribution in [1.29, 1.82) is 0 Å². The Hall–Kier alpha value is -3.15. The number of nitrogens with zero attached hydrogens (tertiary/aromatic N) is 1. The van der Waals surface area contributed by atoms with Crippen molar-refractivity contribution in [2.75, 3.05) is 12.4 Å². The Morgan fingerprint density at radius 1 is 1.00 bits per heavy atom. The zero-order valence-corrected chi connectivity index (χ0v) is 16.3. The van der Waals surface area contributed by atoms with Gasteiger partial charge in [0, 0.05) is 11.6 Å². The lowest BCUT2D eigenvalue weighted by Gasteiger charge is -2.15. The van der Waals surface area contributed by atoms with Gasteiger partial charge in [-0.1, -0.05) is 29.4 Å². The summed E-state index contributed by atoms with van der Waals surface area (Å²) in [6.07, 6.45) is 0. The number of amides is 2. The Morgan fingerprint density at radius 2 is 1.63 bits per heavy atom. The van der Waals surface area contributed by atoms with Crippen molar-refractivity contribution in [3.8, 4) is 0 Å². The third-order valence-electron chi connectivity index (χ3n) is 3.97. The van der Waals surface area contributed by atoms with E-state index in [2.05, 4.69) is 15.8 Å². The summed E-state index contributed by atoms with van der Waals surface area (Å²) in [6.45, 7) is 7.46. The van der Waals surface area contributed by atoms with Crippen LogP contribution in [0.25, 0.3) is 0 Å². The van der Waals surface area contributed by atoms with Gasteiger partial charge in [0.25, 0.3) is 11.8 Å². The van der Waals surface area contributed by atoms with Gasteiger partial charge in [-0.2, -0.15) is 0 Å². The van der Waals surface area contributed by atoms with Crippen molar-refractivity contribution in [3.63, 3.8) is 0 Å². The highest BCUT2D eigenvalue weighted by Gasteiger charge is 2.17. The topological polar surface area (TPSA) is 79.8 Å². The third kappa shape index (κ3) is 5.17. The van der Waals surface area contributed by atoms with E-state index in [9.17, 15) is 9.59 Å². The number of para-hydroxylation sites is 1. The molecule has 0 saturated carbocycles. The Labute approximate surface area is 159 Å². The van der Waals surface area contributed by atoms with Gasteiger partial charge in [-0.25, -0.2) is 0 Å². The Bertz CT molecular complexity index is 855. The standard InChI is InChI=1S/C21H25N3O3/c1-13(2)22-21(26)18-8-6-7-14(3)19(18)23-20(25)17-11-9-16(10-12-17)15(4)24-27-5/h6-13H,1-5H3,(H,22,26)(H,23,25). The van der Waals surface area contributed by atoms with Gasteiger partial charge in [0.15, 0.2) is 0 Å². The van der Waals surface area contributed by atoms with E-state index in [1.165, 1.54) is 7.11 Å². The number of hydrogen-bond donors (Lipinski definition) is 2. The van der Waals surface area contributed by atoms with Gasteiger partial charge in [0.2, 0.25) is 0 Å². The second kappa shape index (κ2) is 8.98. The lowest BCUT2D eigenvalue weighted by molar-refractivity contribution is 0.0944. The molecule has 0 fully saturated rings. The lowest BCUT2D eigenvalue weighted by Crippen LogP contribution is -2.31. The maximum absolute atomic E-state index is 12.7. The molecule has 0 aromatic heterocycles. The number of hydrogen-bond acceptors (Lipinski definition) is 4. The van der Waals surface area contributed by atoms with Crippen LogP contribution < -0.4 is 10.6 Å². The molecule has 6 nitrogen and oxygen atoms in total. The van der Waals surface area contributed by atoms with Crippen molar-refractivity contribution in [2.45, 2.75) is 33.7 Å². The summed E-state index contributed by atoms with van der Waals surface area (Å²) in [5.74, 6) is -0.499. The smallest absolute Gasteiger partial charge is 0.255 e. The molecule has 0 saturated heterocycles. The van der Waals surface area contributed by atoms with Gasteiger partial charge in [-0.15, -0.1) is 0 Å². The minimum Gasteiger partial charge on any atom is -0.399 e. The van der Waals surface area contributed by atoms with E-state index in [0.29, 0.717) is 16.8 Å². The first-order valence-corrected chi connectivity index (χ1v) is 8.73. The second-order valence-electron chi connectivity index (χ2n) is 6.52. The number of carbonyl (C=O) groups excluding carboxylic acids is 2. The van der Waals surface area contributed by atoms with Crippen molar-refractivity contribution >= 4 is 23.2 Å². The quantitative estimate of drug-likeness (QED) is 0.603. The van der Waals surface area contributed by atoms with Crippen molar-refractivity contribution in [3.05, 3.63) is 64.7 Å². The lowest BCUT2D eigenvalue weighted by atomic mass is 10.1.